The molecule has 66 valence electrons. The zero-order valence-corrected chi connectivity index (χ0v) is 7.88. The number of hydrogen-bond donors (Lipinski definition) is 1. The molecule has 0 aliphatic heterocycles. The van der Waals surface area contributed by atoms with Crippen LogP contribution in [0.3, 0.4) is 0 Å². The topological polar surface area (TPSA) is 12.0 Å². The molecule has 0 amide bonds. The monoisotopic (exact) mass is 163 g/mol. The Morgan fingerprint density at radius 3 is 2.33 bits per heavy atom. The summed E-state index contributed by atoms with van der Waals surface area (Å²) in [6.45, 7) is 11.4. The Hall–Kier alpha value is -1.24. The van der Waals surface area contributed by atoms with E-state index in [0.717, 1.165) is 5.70 Å². The fraction of sp³-hybridized carbons (Fsp3) is 0.273. The Labute approximate surface area is 75.2 Å². The average molecular weight is 163 g/mol. The van der Waals surface area contributed by atoms with Gasteiger partial charge in [0.2, 0.25) is 0 Å². The lowest BCUT2D eigenvalue weighted by molar-refractivity contribution is 0.681. The van der Waals surface area contributed by atoms with Crippen LogP contribution in [-0.2, 0) is 0 Å². The van der Waals surface area contributed by atoms with Crippen molar-refractivity contribution >= 4 is 0 Å². The molecule has 1 nitrogen and oxygen atoms in total. The molecular weight excluding hydrogens is 146 g/mol. The van der Waals surface area contributed by atoms with Gasteiger partial charge in [-0.25, -0.2) is 0 Å². The standard InChI is InChI=1S/C11H17N/c1-5-7-9-11(8-6-2)12-10(3)4/h5-10,12H,1-2H2,3-4H3/b9-7-,11-8+. The SMILES string of the molecule is C=C/C=C\C(=C/C=C)NC(C)C. The lowest BCUT2D eigenvalue weighted by Gasteiger charge is -2.09. The van der Waals surface area contributed by atoms with Crippen LogP contribution in [0.15, 0.2) is 49.2 Å². The quantitative estimate of drug-likeness (QED) is 0.614. The van der Waals surface area contributed by atoms with Crippen molar-refractivity contribution in [1.82, 2.24) is 5.32 Å². The summed E-state index contributed by atoms with van der Waals surface area (Å²) in [4.78, 5) is 0. The predicted molar refractivity (Wildman–Crippen MR) is 55.9 cm³/mol. The van der Waals surface area contributed by atoms with Gasteiger partial charge in [-0.1, -0.05) is 31.4 Å². The molecule has 0 saturated carbocycles. The van der Waals surface area contributed by atoms with Gasteiger partial charge in [0.25, 0.3) is 0 Å². The van der Waals surface area contributed by atoms with Crippen molar-refractivity contribution in [3.8, 4) is 0 Å². The van der Waals surface area contributed by atoms with Crippen LogP contribution in [0.25, 0.3) is 0 Å². The first kappa shape index (κ1) is 10.8. The van der Waals surface area contributed by atoms with Crippen LogP contribution in [0.4, 0.5) is 0 Å². The first-order valence-corrected chi connectivity index (χ1v) is 4.09. The Balaban J connectivity index is 4.23. The fourth-order valence-corrected chi connectivity index (χ4v) is 0.784. The van der Waals surface area contributed by atoms with E-state index >= 15 is 0 Å². The number of allylic oxidation sites excluding steroid dienone is 5. The second-order valence-corrected chi connectivity index (χ2v) is 2.75. The summed E-state index contributed by atoms with van der Waals surface area (Å²) in [5.74, 6) is 0. The molecule has 0 aromatic heterocycles. The van der Waals surface area contributed by atoms with E-state index in [1.165, 1.54) is 0 Å². The third kappa shape index (κ3) is 5.54. The van der Waals surface area contributed by atoms with Gasteiger partial charge in [-0.05, 0) is 26.0 Å². The molecule has 0 aromatic rings. The van der Waals surface area contributed by atoms with Crippen LogP contribution < -0.4 is 5.32 Å². The highest BCUT2D eigenvalue weighted by molar-refractivity contribution is 5.23. The Morgan fingerprint density at radius 1 is 1.25 bits per heavy atom. The summed E-state index contributed by atoms with van der Waals surface area (Å²) in [6, 6.07) is 0.436. The summed E-state index contributed by atoms with van der Waals surface area (Å²) in [5.41, 5.74) is 1.06. The molecule has 0 rings (SSSR count). The zero-order valence-electron chi connectivity index (χ0n) is 7.88. The van der Waals surface area contributed by atoms with Crippen molar-refractivity contribution < 1.29 is 0 Å². The molecule has 0 heterocycles. The Morgan fingerprint density at radius 2 is 1.92 bits per heavy atom. The molecule has 0 atom stereocenters. The number of hydrogen-bond acceptors (Lipinski definition) is 1. The lowest BCUT2D eigenvalue weighted by Crippen LogP contribution is -2.20. The highest BCUT2D eigenvalue weighted by atomic mass is 14.9. The first-order valence-electron chi connectivity index (χ1n) is 4.09. The van der Waals surface area contributed by atoms with E-state index in [2.05, 4.69) is 32.3 Å². The van der Waals surface area contributed by atoms with E-state index in [1.807, 2.05) is 18.2 Å². The molecule has 12 heavy (non-hydrogen) atoms. The van der Waals surface area contributed by atoms with E-state index in [9.17, 15) is 0 Å². The van der Waals surface area contributed by atoms with Crippen LogP contribution in [0, 0.1) is 0 Å². The van der Waals surface area contributed by atoms with Crippen LogP contribution in [-0.4, -0.2) is 6.04 Å². The molecule has 0 bridgehead atoms. The second kappa shape index (κ2) is 6.47. The minimum atomic E-state index is 0.436. The van der Waals surface area contributed by atoms with Crippen molar-refractivity contribution in [3.05, 3.63) is 49.2 Å². The molecule has 1 N–H and O–H groups in total. The maximum absolute atomic E-state index is 3.64. The van der Waals surface area contributed by atoms with Gasteiger partial charge in [-0.2, -0.15) is 0 Å². The van der Waals surface area contributed by atoms with Gasteiger partial charge in [-0.15, -0.1) is 0 Å². The summed E-state index contributed by atoms with van der Waals surface area (Å²) in [7, 11) is 0. The number of nitrogens with one attached hydrogen (secondary N) is 1. The summed E-state index contributed by atoms with van der Waals surface area (Å²) in [6.07, 6.45) is 9.30. The average Bonchev–Trinajstić information content (AvgIpc) is 2.00. The lowest BCUT2D eigenvalue weighted by atomic mass is 10.3. The van der Waals surface area contributed by atoms with E-state index < -0.39 is 0 Å². The largest absolute Gasteiger partial charge is 0.383 e. The molecule has 0 radical (unpaired) electrons. The smallest absolute Gasteiger partial charge is 0.0341 e. The van der Waals surface area contributed by atoms with Gasteiger partial charge in [0, 0.05) is 11.7 Å². The molecule has 0 aliphatic rings. The van der Waals surface area contributed by atoms with Gasteiger partial charge in [0.15, 0.2) is 0 Å². The van der Waals surface area contributed by atoms with Crippen LogP contribution in [0.1, 0.15) is 13.8 Å². The molecule has 0 unspecified atom stereocenters. The molecule has 1 heteroatoms. The minimum Gasteiger partial charge on any atom is -0.383 e. The molecule has 0 fully saturated rings. The summed E-state index contributed by atoms with van der Waals surface area (Å²) >= 11 is 0. The first-order chi connectivity index (χ1) is 5.70. The van der Waals surface area contributed by atoms with Gasteiger partial charge in [0.05, 0.1) is 0 Å². The fourth-order valence-electron chi connectivity index (χ4n) is 0.784. The highest BCUT2D eigenvalue weighted by Gasteiger charge is 1.91. The molecule has 0 spiro atoms. The summed E-state index contributed by atoms with van der Waals surface area (Å²) in [5, 5.41) is 3.27. The summed E-state index contributed by atoms with van der Waals surface area (Å²) < 4.78 is 0. The minimum absolute atomic E-state index is 0.436. The Kier molecular flexibility index (Phi) is 5.80. The molecule has 0 aliphatic carbocycles. The van der Waals surface area contributed by atoms with E-state index in [-0.39, 0.29) is 0 Å². The van der Waals surface area contributed by atoms with Gasteiger partial charge in [-0.3, -0.25) is 0 Å². The third-order valence-corrected chi connectivity index (χ3v) is 1.16. The highest BCUT2D eigenvalue weighted by Crippen LogP contribution is 1.95. The molecule has 0 saturated heterocycles. The normalized spacial score (nSPS) is 12.1. The van der Waals surface area contributed by atoms with Gasteiger partial charge < -0.3 is 5.32 Å². The van der Waals surface area contributed by atoms with Gasteiger partial charge in [0.1, 0.15) is 0 Å². The van der Waals surface area contributed by atoms with E-state index in [0.29, 0.717) is 6.04 Å². The van der Waals surface area contributed by atoms with Crippen LogP contribution in [0.2, 0.25) is 0 Å². The predicted octanol–water partition coefficient (Wildman–Crippen LogP) is 2.80. The molecular formula is C11H17N. The molecule has 0 aromatic carbocycles. The van der Waals surface area contributed by atoms with Crippen molar-refractivity contribution in [1.29, 1.82) is 0 Å². The van der Waals surface area contributed by atoms with Crippen LogP contribution in [0.5, 0.6) is 0 Å². The third-order valence-electron chi connectivity index (χ3n) is 1.16. The van der Waals surface area contributed by atoms with Crippen molar-refractivity contribution in [3.63, 3.8) is 0 Å². The Bertz CT molecular complexity index is 197. The van der Waals surface area contributed by atoms with Crippen molar-refractivity contribution in [2.24, 2.45) is 0 Å². The maximum Gasteiger partial charge on any atom is 0.0341 e. The van der Waals surface area contributed by atoms with Crippen LogP contribution >= 0.6 is 0 Å². The second-order valence-electron chi connectivity index (χ2n) is 2.75. The van der Waals surface area contributed by atoms with Gasteiger partial charge >= 0.3 is 0 Å². The maximum atomic E-state index is 3.64. The van der Waals surface area contributed by atoms with Crippen molar-refractivity contribution in [2.45, 2.75) is 19.9 Å². The van der Waals surface area contributed by atoms with E-state index in [1.54, 1.807) is 12.2 Å². The van der Waals surface area contributed by atoms with E-state index in [4.69, 9.17) is 0 Å². The zero-order chi connectivity index (χ0) is 9.40. The number of rotatable bonds is 5. The van der Waals surface area contributed by atoms with Crippen molar-refractivity contribution in [2.75, 3.05) is 0 Å².